The number of hydrogen-bond donors (Lipinski definition) is 2. The predicted octanol–water partition coefficient (Wildman–Crippen LogP) is 6.15. The largest absolute Gasteiger partial charge is 0.490 e. The normalized spacial score (nSPS) is 14.9. The highest BCUT2D eigenvalue weighted by molar-refractivity contribution is 5.97. The molecule has 1 atom stereocenters. The maximum Gasteiger partial charge on any atom is 0.458 e. The summed E-state index contributed by atoms with van der Waals surface area (Å²) in [5, 5.41) is 11.9. The quantitative estimate of drug-likeness (QED) is 0.446. The van der Waals surface area contributed by atoms with Crippen molar-refractivity contribution in [2.75, 3.05) is 11.9 Å². The van der Waals surface area contributed by atoms with Crippen LogP contribution in [-0.2, 0) is 23.1 Å². The van der Waals surface area contributed by atoms with Gasteiger partial charge in [0.25, 0.3) is 5.91 Å². The molecule has 0 aliphatic heterocycles. The van der Waals surface area contributed by atoms with Crippen LogP contribution in [-0.4, -0.2) is 29.4 Å². The highest BCUT2D eigenvalue weighted by Gasteiger charge is 2.58. The summed E-state index contributed by atoms with van der Waals surface area (Å²) in [6, 6.07) is 2.55. The topological polar surface area (TPSA) is 58.6 Å². The second-order valence-corrected chi connectivity index (χ2v) is 7.41. The summed E-state index contributed by atoms with van der Waals surface area (Å²) in [6.45, 7) is -0.403. The SMILES string of the molecule is CC(O)(COc1cccc(C(F)(F)C(F)(F)F)c1)C(=O)Nc1cc(C(F)(F)F)cc(C(F)(F)F)c1. The van der Waals surface area contributed by atoms with E-state index in [4.69, 9.17) is 4.74 Å². The number of carbonyl (C=O) groups is 1. The molecule has 0 aliphatic rings. The van der Waals surface area contributed by atoms with Crippen molar-refractivity contribution < 1.29 is 62.9 Å². The van der Waals surface area contributed by atoms with Crippen LogP contribution in [0.2, 0.25) is 0 Å². The van der Waals surface area contributed by atoms with E-state index in [9.17, 15) is 58.2 Å². The Morgan fingerprint density at radius 1 is 0.829 bits per heavy atom. The Labute approximate surface area is 189 Å². The van der Waals surface area contributed by atoms with Gasteiger partial charge in [-0.2, -0.15) is 48.3 Å². The summed E-state index contributed by atoms with van der Waals surface area (Å²) in [5.74, 6) is -7.45. The van der Waals surface area contributed by atoms with Crippen molar-refractivity contribution in [2.24, 2.45) is 0 Å². The standard InChI is InChI=1S/C20H14F11NO3/c1-16(34,9-35-14-4-2-3-10(8-14)17(21,22)20(29,30)31)15(33)32-13-6-11(18(23,24)25)5-12(7-13)19(26,27)28/h2-8,34H,9H2,1H3,(H,32,33). The number of ether oxygens (including phenoxy) is 1. The molecule has 1 amide bonds. The number of alkyl halides is 11. The van der Waals surface area contributed by atoms with Crippen LogP contribution < -0.4 is 10.1 Å². The minimum atomic E-state index is -5.93. The molecule has 0 radical (unpaired) electrons. The minimum absolute atomic E-state index is 0.173. The first-order valence-electron chi connectivity index (χ1n) is 9.16. The van der Waals surface area contributed by atoms with Crippen LogP contribution in [0.1, 0.15) is 23.6 Å². The van der Waals surface area contributed by atoms with Crippen LogP contribution in [0.3, 0.4) is 0 Å². The van der Waals surface area contributed by atoms with E-state index in [1.54, 1.807) is 5.32 Å². The summed E-state index contributed by atoms with van der Waals surface area (Å²) in [7, 11) is 0. The van der Waals surface area contributed by atoms with Crippen LogP contribution in [0.15, 0.2) is 42.5 Å². The van der Waals surface area contributed by atoms with Gasteiger partial charge in [-0.25, -0.2) is 0 Å². The third-order valence-electron chi connectivity index (χ3n) is 4.41. The molecular formula is C20H14F11NO3. The van der Waals surface area contributed by atoms with E-state index in [-0.39, 0.29) is 24.3 Å². The van der Waals surface area contributed by atoms with Gasteiger partial charge in [0.2, 0.25) is 0 Å². The fourth-order valence-corrected chi connectivity index (χ4v) is 2.53. The second kappa shape index (κ2) is 9.17. The first-order chi connectivity index (χ1) is 15.6. The predicted molar refractivity (Wildman–Crippen MR) is 97.6 cm³/mol. The number of anilines is 1. The Hall–Kier alpha value is -3.10. The molecule has 35 heavy (non-hydrogen) atoms. The second-order valence-electron chi connectivity index (χ2n) is 7.41. The number of aliphatic hydroxyl groups is 1. The van der Waals surface area contributed by atoms with E-state index in [1.807, 2.05) is 0 Å². The van der Waals surface area contributed by atoms with Crippen molar-refractivity contribution in [2.45, 2.75) is 37.0 Å². The van der Waals surface area contributed by atoms with Crippen LogP contribution in [0.5, 0.6) is 5.75 Å². The first kappa shape index (κ1) is 28.1. The molecule has 2 aromatic carbocycles. The lowest BCUT2D eigenvalue weighted by atomic mass is 10.1. The molecule has 0 aromatic heterocycles. The zero-order chi connectivity index (χ0) is 27.0. The molecule has 2 rings (SSSR count). The Kier molecular flexibility index (Phi) is 7.37. The van der Waals surface area contributed by atoms with Crippen molar-refractivity contribution in [3.8, 4) is 5.75 Å². The molecule has 2 N–H and O–H groups in total. The maximum atomic E-state index is 13.5. The molecular weight excluding hydrogens is 511 g/mol. The van der Waals surface area contributed by atoms with E-state index in [0.29, 0.717) is 6.07 Å². The third kappa shape index (κ3) is 6.74. The molecule has 1 unspecified atom stereocenters. The maximum absolute atomic E-state index is 13.5. The molecule has 4 nitrogen and oxygen atoms in total. The van der Waals surface area contributed by atoms with Crippen LogP contribution in [0.4, 0.5) is 54.0 Å². The van der Waals surface area contributed by atoms with E-state index in [1.165, 1.54) is 0 Å². The van der Waals surface area contributed by atoms with Crippen molar-refractivity contribution in [1.29, 1.82) is 0 Å². The van der Waals surface area contributed by atoms with Crippen molar-refractivity contribution in [1.82, 2.24) is 0 Å². The summed E-state index contributed by atoms with van der Waals surface area (Å²) in [4.78, 5) is 12.3. The third-order valence-corrected chi connectivity index (χ3v) is 4.41. The van der Waals surface area contributed by atoms with E-state index in [2.05, 4.69) is 0 Å². The number of rotatable bonds is 6. The van der Waals surface area contributed by atoms with Crippen molar-refractivity contribution in [3.63, 3.8) is 0 Å². The van der Waals surface area contributed by atoms with Gasteiger partial charge >= 0.3 is 24.5 Å². The highest BCUT2D eigenvalue weighted by atomic mass is 19.4. The van der Waals surface area contributed by atoms with Gasteiger partial charge < -0.3 is 15.2 Å². The Morgan fingerprint density at radius 2 is 1.34 bits per heavy atom. The Balaban J connectivity index is 2.22. The fourth-order valence-electron chi connectivity index (χ4n) is 2.53. The summed E-state index contributed by atoms with van der Waals surface area (Å²) < 4.78 is 147. The van der Waals surface area contributed by atoms with E-state index >= 15 is 0 Å². The van der Waals surface area contributed by atoms with Crippen molar-refractivity contribution in [3.05, 3.63) is 59.2 Å². The lowest BCUT2D eigenvalue weighted by Gasteiger charge is -2.24. The molecule has 0 heterocycles. The number of halogens is 11. The highest BCUT2D eigenvalue weighted by Crippen LogP contribution is 2.44. The Bertz CT molecular complexity index is 1040. The zero-order valence-electron chi connectivity index (χ0n) is 17.2. The Morgan fingerprint density at radius 3 is 1.80 bits per heavy atom. The van der Waals surface area contributed by atoms with Crippen LogP contribution >= 0.6 is 0 Å². The molecule has 0 bridgehead atoms. The number of benzene rings is 2. The first-order valence-corrected chi connectivity index (χ1v) is 9.16. The fraction of sp³-hybridized carbons (Fsp3) is 0.350. The van der Waals surface area contributed by atoms with Crippen LogP contribution in [0, 0.1) is 0 Å². The van der Waals surface area contributed by atoms with Gasteiger partial charge in [-0.05, 0) is 37.3 Å². The van der Waals surface area contributed by atoms with Crippen LogP contribution in [0.25, 0.3) is 0 Å². The molecule has 0 spiro atoms. The molecule has 0 saturated heterocycles. The lowest BCUT2D eigenvalue weighted by molar-refractivity contribution is -0.289. The van der Waals surface area contributed by atoms with Gasteiger partial charge in [0, 0.05) is 11.3 Å². The summed E-state index contributed by atoms with van der Waals surface area (Å²) >= 11 is 0. The zero-order valence-corrected chi connectivity index (χ0v) is 17.2. The van der Waals surface area contributed by atoms with Gasteiger partial charge in [-0.1, -0.05) is 12.1 Å². The van der Waals surface area contributed by atoms with E-state index < -0.39 is 70.7 Å². The lowest BCUT2D eigenvalue weighted by Crippen LogP contribution is -2.45. The van der Waals surface area contributed by atoms with Gasteiger partial charge in [-0.3, -0.25) is 4.79 Å². The smallest absolute Gasteiger partial charge is 0.458 e. The van der Waals surface area contributed by atoms with Gasteiger partial charge in [0.1, 0.15) is 12.4 Å². The molecule has 0 fully saturated rings. The van der Waals surface area contributed by atoms with Gasteiger partial charge in [-0.15, -0.1) is 0 Å². The molecule has 15 heteroatoms. The number of amides is 1. The molecule has 0 aliphatic carbocycles. The summed E-state index contributed by atoms with van der Waals surface area (Å²) in [5.41, 5.74) is -8.67. The van der Waals surface area contributed by atoms with Gasteiger partial charge in [0.15, 0.2) is 5.60 Å². The monoisotopic (exact) mass is 525 g/mol. The van der Waals surface area contributed by atoms with Gasteiger partial charge in [0.05, 0.1) is 11.1 Å². The summed E-state index contributed by atoms with van der Waals surface area (Å²) in [6.07, 6.45) is -16.4. The van der Waals surface area contributed by atoms with E-state index in [0.717, 1.165) is 19.1 Å². The molecule has 2 aromatic rings. The number of carbonyl (C=O) groups excluding carboxylic acids is 1. The molecule has 0 saturated carbocycles. The average Bonchev–Trinajstić information content (AvgIpc) is 2.70. The number of hydrogen-bond acceptors (Lipinski definition) is 3. The molecule has 194 valence electrons. The number of nitrogens with one attached hydrogen (secondary N) is 1. The average molecular weight is 525 g/mol. The van der Waals surface area contributed by atoms with Crippen molar-refractivity contribution >= 4 is 11.6 Å². The minimum Gasteiger partial charge on any atom is -0.490 e.